The fraction of sp³-hybridized carbons (Fsp3) is 0.938. The van der Waals surface area contributed by atoms with E-state index in [2.05, 4.69) is 41.4 Å². The summed E-state index contributed by atoms with van der Waals surface area (Å²) in [7, 11) is 4.10. The number of guanidine groups is 1. The topological polar surface area (TPSA) is 39.7 Å². The number of hydrogen-bond acceptors (Lipinski definition) is 2. The first-order valence-corrected chi connectivity index (χ1v) is 8.26. The molecule has 2 fully saturated rings. The van der Waals surface area contributed by atoms with Crippen LogP contribution in [0.4, 0.5) is 0 Å². The third kappa shape index (κ3) is 3.87. The van der Waals surface area contributed by atoms with Crippen molar-refractivity contribution < 1.29 is 0 Å². The molecule has 1 unspecified atom stereocenters. The Balaban J connectivity index is 1.69. The Morgan fingerprint density at radius 1 is 1.35 bits per heavy atom. The molecule has 0 heterocycles. The second kappa shape index (κ2) is 6.79. The molecular formula is C16H32N4. The predicted octanol–water partition coefficient (Wildman–Crippen LogP) is 2.21. The van der Waals surface area contributed by atoms with Crippen molar-refractivity contribution in [2.45, 2.75) is 64.5 Å². The summed E-state index contributed by atoms with van der Waals surface area (Å²) in [5.74, 6) is 0.959. The van der Waals surface area contributed by atoms with Gasteiger partial charge in [0.15, 0.2) is 5.96 Å². The molecule has 1 atom stereocenters. The van der Waals surface area contributed by atoms with Crippen LogP contribution < -0.4 is 10.6 Å². The smallest absolute Gasteiger partial charge is 0.191 e. The molecule has 4 heteroatoms. The summed E-state index contributed by atoms with van der Waals surface area (Å²) in [5.41, 5.74) is 0.536. The first-order valence-electron chi connectivity index (χ1n) is 8.26. The van der Waals surface area contributed by atoms with Gasteiger partial charge < -0.3 is 10.6 Å². The van der Waals surface area contributed by atoms with Crippen LogP contribution in [0.2, 0.25) is 0 Å². The monoisotopic (exact) mass is 280 g/mol. The summed E-state index contributed by atoms with van der Waals surface area (Å²) in [6.45, 7) is 6.63. The van der Waals surface area contributed by atoms with Crippen molar-refractivity contribution in [1.82, 2.24) is 15.5 Å². The van der Waals surface area contributed by atoms with E-state index in [1.165, 1.54) is 38.5 Å². The van der Waals surface area contributed by atoms with Crippen LogP contribution in [-0.4, -0.2) is 50.1 Å². The lowest BCUT2D eigenvalue weighted by molar-refractivity contribution is 0.131. The molecule has 4 nitrogen and oxygen atoms in total. The van der Waals surface area contributed by atoms with Crippen LogP contribution in [0.25, 0.3) is 0 Å². The molecule has 2 N–H and O–H groups in total. The molecule has 0 aromatic carbocycles. The molecule has 0 radical (unpaired) electrons. The number of likely N-dealkylation sites (N-methyl/N-ethyl adjacent to an activating group) is 1. The van der Waals surface area contributed by atoms with Crippen molar-refractivity contribution in [2.75, 3.05) is 27.2 Å². The molecule has 0 saturated heterocycles. The average molecular weight is 280 g/mol. The maximum Gasteiger partial charge on any atom is 0.191 e. The Labute approximate surface area is 124 Å². The summed E-state index contributed by atoms with van der Waals surface area (Å²) >= 11 is 0. The fourth-order valence-corrected chi connectivity index (χ4v) is 3.05. The average Bonchev–Trinajstić information content (AvgIpc) is 3.24. The van der Waals surface area contributed by atoms with Gasteiger partial charge in [0.25, 0.3) is 0 Å². The quantitative estimate of drug-likeness (QED) is 0.555. The van der Waals surface area contributed by atoms with E-state index in [0.29, 0.717) is 11.5 Å². The summed E-state index contributed by atoms with van der Waals surface area (Å²) in [5, 5.41) is 7.00. The van der Waals surface area contributed by atoms with Crippen LogP contribution in [0.1, 0.15) is 52.4 Å². The van der Waals surface area contributed by atoms with Crippen molar-refractivity contribution >= 4 is 5.96 Å². The van der Waals surface area contributed by atoms with Crippen LogP contribution in [0.5, 0.6) is 0 Å². The minimum atomic E-state index is 0.536. The molecule has 0 amide bonds. The van der Waals surface area contributed by atoms with Gasteiger partial charge in [0.1, 0.15) is 0 Å². The normalized spacial score (nSPS) is 23.4. The van der Waals surface area contributed by atoms with Gasteiger partial charge in [-0.05, 0) is 51.5 Å². The Morgan fingerprint density at radius 3 is 2.50 bits per heavy atom. The molecule has 2 aliphatic carbocycles. The minimum Gasteiger partial charge on any atom is -0.356 e. The van der Waals surface area contributed by atoms with Crippen molar-refractivity contribution in [1.29, 1.82) is 0 Å². The van der Waals surface area contributed by atoms with Gasteiger partial charge in [0.2, 0.25) is 0 Å². The number of hydrogen-bond donors (Lipinski definition) is 2. The van der Waals surface area contributed by atoms with Crippen LogP contribution in [-0.2, 0) is 0 Å². The van der Waals surface area contributed by atoms with E-state index in [-0.39, 0.29) is 0 Å². The van der Waals surface area contributed by atoms with Crippen LogP contribution >= 0.6 is 0 Å². The first kappa shape index (κ1) is 15.6. The maximum absolute atomic E-state index is 4.35. The van der Waals surface area contributed by atoms with Crippen LogP contribution in [0.3, 0.4) is 0 Å². The molecule has 0 aromatic rings. The lowest BCUT2D eigenvalue weighted by Gasteiger charge is -2.41. The van der Waals surface area contributed by atoms with E-state index < -0.39 is 0 Å². The van der Waals surface area contributed by atoms with Gasteiger partial charge in [-0.1, -0.05) is 13.3 Å². The van der Waals surface area contributed by atoms with Crippen molar-refractivity contribution in [3.8, 4) is 0 Å². The standard InChI is InChI=1S/C16H32N4/c1-5-16(9-6-10-16)12-19-15(17-3)18-11-13(2)20(4)14-7-8-14/h13-14H,5-12H2,1-4H3,(H2,17,18,19). The minimum absolute atomic E-state index is 0.536. The maximum atomic E-state index is 4.35. The van der Waals surface area contributed by atoms with Gasteiger partial charge in [-0.3, -0.25) is 9.89 Å². The van der Waals surface area contributed by atoms with E-state index in [9.17, 15) is 0 Å². The highest BCUT2D eigenvalue weighted by molar-refractivity contribution is 5.79. The Bertz CT molecular complexity index is 326. The molecule has 2 saturated carbocycles. The molecule has 116 valence electrons. The van der Waals surface area contributed by atoms with Gasteiger partial charge in [-0.2, -0.15) is 0 Å². The lowest BCUT2D eigenvalue weighted by Crippen LogP contribution is -2.49. The molecule has 2 aliphatic rings. The number of rotatable bonds is 7. The third-order valence-corrected chi connectivity index (χ3v) is 5.40. The largest absolute Gasteiger partial charge is 0.356 e. The van der Waals surface area contributed by atoms with Gasteiger partial charge in [-0.15, -0.1) is 0 Å². The number of aliphatic imine (C=N–C) groups is 1. The summed E-state index contributed by atoms with van der Waals surface area (Å²) in [4.78, 5) is 6.84. The molecule has 0 aromatic heterocycles. The molecule has 0 spiro atoms. The zero-order valence-electron chi connectivity index (χ0n) is 13.7. The molecule has 0 aliphatic heterocycles. The molecule has 20 heavy (non-hydrogen) atoms. The van der Waals surface area contributed by atoms with E-state index in [1.807, 2.05) is 7.05 Å². The number of nitrogens with zero attached hydrogens (tertiary/aromatic N) is 2. The Hall–Kier alpha value is -0.770. The van der Waals surface area contributed by atoms with E-state index in [1.54, 1.807) is 0 Å². The van der Waals surface area contributed by atoms with Gasteiger partial charge >= 0.3 is 0 Å². The lowest BCUT2D eigenvalue weighted by atomic mass is 9.67. The van der Waals surface area contributed by atoms with Crippen LogP contribution in [0, 0.1) is 5.41 Å². The second-order valence-corrected chi connectivity index (χ2v) is 6.76. The highest BCUT2D eigenvalue weighted by Crippen LogP contribution is 2.42. The van der Waals surface area contributed by atoms with E-state index in [4.69, 9.17) is 0 Å². The van der Waals surface area contributed by atoms with Crippen molar-refractivity contribution in [3.05, 3.63) is 0 Å². The van der Waals surface area contributed by atoms with Crippen molar-refractivity contribution in [2.24, 2.45) is 10.4 Å². The SMILES string of the molecule is CCC1(CNC(=NC)NCC(C)N(C)C2CC2)CCC1. The first-order chi connectivity index (χ1) is 9.60. The summed E-state index contributed by atoms with van der Waals surface area (Å²) in [6, 6.07) is 1.38. The van der Waals surface area contributed by atoms with Crippen molar-refractivity contribution in [3.63, 3.8) is 0 Å². The Morgan fingerprint density at radius 2 is 2.05 bits per heavy atom. The molecular weight excluding hydrogens is 248 g/mol. The summed E-state index contributed by atoms with van der Waals surface area (Å²) < 4.78 is 0. The molecule has 2 rings (SSSR count). The highest BCUT2D eigenvalue weighted by atomic mass is 15.2. The zero-order chi connectivity index (χ0) is 14.6. The van der Waals surface area contributed by atoms with E-state index >= 15 is 0 Å². The van der Waals surface area contributed by atoms with Crippen LogP contribution in [0.15, 0.2) is 4.99 Å². The number of nitrogens with one attached hydrogen (secondary N) is 2. The van der Waals surface area contributed by atoms with E-state index in [0.717, 1.165) is 25.1 Å². The van der Waals surface area contributed by atoms with Gasteiger partial charge in [-0.25, -0.2) is 0 Å². The fourth-order valence-electron chi connectivity index (χ4n) is 3.05. The zero-order valence-corrected chi connectivity index (χ0v) is 13.7. The Kier molecular flexibility index (Phi) is 5.30. The predicted molar refractivity (Wildman–Crippen MR) is 86.2 cm³/mol. The van der Waals surface area contributed by atoms with Gasteiger partial charge in [0.05, 0.1) is 0 Å². The third-order valence-electron chi connectivity index (χ3n) is 5.40. The second-order valence-electron chi connectivity index (χ2n) is 6.76. The molecule has 0 bridgehead atoms. The highest BCUT2D eigenvalue weighted by Gasteiger charge is 2.35. The van der Waals surface area contributed by atoms with Gasteiger partial charge in [0, 0.05) is 32.2 Å². The summed E-state index contributed by atoms with van der Waals surface area (Å²) in [6.07, 6.45) is 8.14.